The first kappa shape index (κ1) is 20.0. The molecule has 2 N–H and O–H groups in total. The zero-order chi connectivity index (χ0) is 19.6. The van der Waals surface area contributed by atoms with Crippen LogP contribution in [0.15, 0.2) is 23.2 Å². The number of phenolic OH excluding ortho intramolecular Hbond substituents is 1. The van der Waals surface area contributed by atoms with Crippen molar-refractivity contribution in [1.29, 1.82) is 0 Å². The van der Waals surface area contributed by atoms with Gasteiger partial charge in [0.25, 0.3) is 5.91 Å². The standard InChI is InChI=1S/C20H28ClN3O3/c1-13(2)20(19(26)22-8-9-27-3)18(16-7-6-15(21)10-17(16)25)24(12-23-20)11-14-4-5-14/h6-7,10,12-14,18,25H,4-5,8-9,11H2,1-3H3,(H,22,26)/t18-,20+/m0/s1. The number of phenols is 1. The fourth-order valence-electron chi connectivity index (χ4n) is 3.79. The molecule has 1 heterocycles. The molecule has 1 aliphatic heterocycles. The normalized spacial score (nSPS) is 24.6. The number of benzene rings is 1. The average Bonchev–Trinajstić information content (AvgIpc) is 3.34. The molecular weight excluding hydrogens is 366 g/mol. The Morgan fingerprint density at radius 1 is 1.48 bits per heavy atom. The molecular formula is C20H28ClN3O3. The van der Waals surface area contributed by atoms with E-state index in [0.717, 1.165) is 6.54 Å². The molecule has 148 valence electrons. The quantitative estimate of drug-likeness (QED) is 0.666. The van der Waals surface area contributed by atoms with Crippen molar-refractivity contribution in [3.8, 4) is 5.75 Å². The molecule has 0 spiro atoms. The summed E-state index contributed by atoms with van der Waals surface area (Å²) in [5.74, 6) is 0.491. The summed E-state index contributed by atoms with van der Waals surface area (Å²) in [6.07, 6.45) is 4.17. The maximum atomic E-state index is 13.3. The molecule has 1 aliphatic carbocycles. The van der Waals surface area contributed by atoms with Gasteiger partial charge in [0.15, 0.2) is 5.54 Å². The Kier molecular flexibility index (Phi) is 5.96. The largest absolute Gasteiger partial charge is 0.508 e. The van der Waals surface area contributed by atoms with E-state index >= 15 is 0 Å². The second-order valence-electron chi connectivity index (χ2n) is 7.72. The number of nitrogens with zero attached hydrogens (tertiary/aromatic N) is 2. The molecule has 27 heavy (non-hydrogen) atoms. The molecule has 0 radical (unpaired) electrons. The van der Waals surface area contributed by atoms with Gasteiger partial charge in [-0.1, -0.05) is 31.5 Å². The van der Waals surface area contributed by atoms with Crippen LogP contribution in [-0.4, -0.2) is 54.6 Å². The van der Waals surface area contributed by atoms with E-state index in [4.69, 9.17) is 21.3 Å². The molecule has 1 aromatic rings. The van der Waals surface area contributed by atoms with Crippen molar-refractivity contribution in [2.45, 2.75) is 38.3 Å². The van der Waals surface area contributed by atoms with Crippen molar-refractivity contribution in [2.75, 3.05) is 26.8 Å². The molecule has 0 saturated heterocycles. The van der Waals surface area contributed by atoms with Gasteiger partial charge in [-0.05, 0) is 36.8 Å². The number of aromatic hydroxyl groups is 1. The number of aliphatic imine (C=N–C) groups is 1. The third-order valence-electron chi connectivity index (χ3n) is 5.46. The Morgan fingerprint density at radius 3 is 2.81 bits per heavy atom. The molecule has 7 heteroatoms. The Bertz CT molecular complexity index is 720. The van der Waals surface area contributed by atoms with Crippen LogP contribution < -0.4 is 5.32 Å². The molecule has 1 aromatic carbocycles. The van der Waals surface area contributed by atoms with E-state index in [9.17, 15) is 9.90 Å². The van der Waals surface area contributed by atoms with E-state index in [0.29, 0.717) is 29.7 Å². The van der Waals surface area contributed by atoms with Gasteiger partial charge in [-0.15, -0.1) is 0 Å². The van der Waals surface area contributed by atoms with Gasteiger partial charge >= 0.3 is 0 Å². The van der Waals surface area contributed by atoms with Crippen molar-refractivity contribution in [3.63, 3.8) is 0 Å². The smallest absolute Gasteiger partial charge is 0.250 e. The Hall–Kier alpha value is -1.79. The Labute approximate surface area is 165 Å². The monoisotopic (exact) mass is 393 g/mol. The molecule has 0 unspecified atom stereocenters. The van der Waals surface area contributed by atoms with Crippen molar-refractivity contribution in [1.82, 2.24) is 10.2 Å². The van der Waals surface area contributed by atoms with Crippen LogP contribution in [0.25, 0.3) is 0 Å². The average molecular weight is 394 g/mol. The van der Waals surface area contributed by atoms with Crippen LogP contribution in [0.5, 0.6) is 5.75 Å². The van der Waals surface area contributed by atoms with Gasteiger partial charge in [-0.3, -0.25) is 9.79 Å². The van der Waals surface area contributed by atoms with Gasteiger partial charge in [0.1, 0.15) is 5.75 Å². The van der Waals surface area contributed by atoms with Crippen molar-refractivity contribution < 1.29 is 14.6 Å². The number of hydrogen-bond donors (Lipinski definition) is 2. The van der Waals surface area contributed by atoms with Gasteiger partial charge in [0.05, 0.1) is 19.0 Å². The highest BCUT2D eigenvalue weighted by Crippen LogP contribution is 2.48. The lowest BCUT2D eigenvalue weighted by Crippen LogP contribution is -2.54. The van der Waals surface area contributed by atoms with E-state index in [1.165, 1.54) is 18.9 Å². The third-order valence-corrected chi connectivity index (χ3v) is 5.69. The van der Waals surface area contributed by atoms with Crippen LogP contribution in [0.1, 0.15) is 38.3 Å². The molecule has 3 rings (SSSR count). The zero-order valence-electron chi connectivity index (χ0n) is 16.1. The SMILES string of the molecule is COCCNC(=O)[C@]1(C(C)C)N=CN(CC2CC2)[C@H]1c1ccc(Cl)cc1O. The van der Waals surface area contributed by atoms with Gasteiger partial charge < -0.3 is 20.1 Å². The van der Waals surface area contributed by atoms with Gasteiger partial charge in [-0.2, -0.15) is 0 Å². The fraction of sp³-hybridized carbons (Fsp3) is 0.600. The number of hydrogen-bond acceptors (Lipinski definition) is 5. The maximum Gasteiger partial charge on any atom is 0.250 e. The minimum Gasteiger partial charge on any atom is -0.508 e. The van der Waals surface area contributed by atoms with E-state index < -0.39 is 5.54 Å². The highest BCUT2D eigenvalue weighted by molar-refractivity contribution is 6.30. The van der Waals surface area contributed by atoms with Gasteiger partial charge in [0.2, 0.25) is 0 Å². The van der Waals surface area contributed by atoms with Crippen LogP contribution in [0, 0.1) is 11.8 Å². The van der Waals surface area contributed by atoms with Crippen LogP contribution in [-0.2, 0) is 9.53 Å². The number of ether oxygens (including phenoxy) is 1. The summed E-state index contributed by atoms with van der Waals surface area (Å²) in [5, 5.41) is 14.0. The second-order valence-corrected chi connectivity index (χ2v) is 8.16. The maximum absolute atomic E-state index is 13.3. The molecule has 2 atom stereocenters. The Balaban J connectivity index is 2.00. The van der Waals surface area contributed by atoms with Crippen molar-refractivity contribution in [3.05, 3.63) is 28.8 Å². The number of amides is 1. The first-order chi connectivity index (χ1) is 12.9. The summed E-state index contributed by atoms with van der Waals surface area (Å²) < 4.78 is 5.06. The predicted octanol–water partition coefficient (Wildman–Crippen LogP) is 3.00. The fourth-order valence-corrected chi connectivity index (χ4v) is 3.96. The minimum atomic E-state index is -1.02. The Morgan fingerprint density at radius 2 is 2.22 bits per heavy atom. The minimum absolute atomic E-state index is 0.0689. The van der Waals surface area contributed by atoms with Crippen LogP contribution in [0.2, 0.25) is 5.02 Å². The highest BCUT2D eigenvalue weighted by atomic mass is 35.5. The number of nitrogens with one attached hydrogen (secondary N) is 1. The number of methoxy groups -OCH3 is 1. The molecule has 1 fully saturated rings. The summed E-state index contributed by atoms with van der Waals surface area (Å²) >= 11 is 6.04. The molecule has 0 aromatic heterocycles. The molecule has 1 amide bonds. The van der Waals surface area contributed by atoms with Gasteiger partial charge in [-0.25, -0.2) is 0 Å². The lowest BCUT2D eigenvalue weighted by molar-refractivity contribution is -0.129. The lowest BCUT2D eigenvalue weighted by Gasteiger charge is -2.39. The molecule has 0 bridgehead atoms. The summed E-state index contributed by atoms with van der Waals surface area (Å²) in [7, 11) is 1.60. The molecule has 6 nitrogen and oxygen atoms in total. The highest BCUT2D eigenvalue weighted by Gasteiger charge is 2.55. The number of carbonyl (C=O) groups excluding carboxylic acids is 1. The lowest BCUT2D eigenvalue weighted by atomic mass is 9.76. The number of halogens is 1. The zero-order valence-corrected chi connectivity index (χ0v) is 16.9. The molecule has 1 saturated carbocycles. The van der Waals surface area contributed by atoms with Gasteiger partial charge in [0, 0.05) is 30.8 Å². The van der Waals surface area contributed by atoms with Crippen LogP contribution in [0.3, 0.4) is 0 Å². The first-order valence-electron chi connectivity index (χ1n) is 9.47. The third kappa shape index (κ3) is 3.92. The van der Waals surface area contributed by atoms with E-state index in [2.05, 4.69) is 10.2 Å². The summed E-state index contributed by atoms with van der Waals surface area (Å²) in [4.78, 5) is 20.1. The van der Waals surface area contributed by atoms with E-state index in [1.807, 2.05) is 13.8 Å². The topological polar surface area (TPSA) is 74.2 Å². The first-order valence-corrected chi connectivity index (χ1v) is 9.84. The number of carbonyl (C=O) groups is 1. The van der Waals surface area contributed by atoms with Crippen LogP contribution >= 0.6 is 11.6 Å². The molecule has 2 aliphatic rings. The summed E-state index contributed by atoms with van der Waals surface area (Å²) in [6, 6.07) is 4.70. The van der Waals surface area contributed by atoms with Crippen LogP contribution in [0.4, 0.5) is 0 Å². The number of rotatable bonds is 8. The van der Waals surface area contributed by atoms with Crippen molar-refractivity contribution in [2.24, 2.45) is 16.8 Å². The van der Waals surface area contributed by atoms with E-state index in [1.54, 1.807) is 25.6 Å². The van der Waals surface area contributed by atoms with Crippen molar-refractivity contribution >= 4 is 23.8 Å². The summed E-state index contributed by atoms with van der Waals surface area (Å²) in [6.45, 7) is 5.67. The summed E-state index contributed by atoms with van der Waals surface area (Å²) in [5.41, 5.74) is -0.346. The predicted molar refractivity (Wildman–Crippen MR) is 106 cm³/mol. The second kappa shape index (κ2) is 8.07. The van der Waals surface area contributed by atoms with E-state index in [-0.39, 0.29) is 23.6 Å².